The van der Waals surface area contributed by atoms with E-state index in [2.05, 4.69) is 53.5 Å². The first-order valence-corrected chi connectivity index (χ1v) is 6.54. The lowest BCUT2D eigenvalue weighted by molar-refractivity contribution is 0.687. The Kier molecular flexibility index (Phi) is 4.34. The van der Waals surface area contributed by atoms with E-state index >= 15 is 0 Å². The predicted octanol–water partition coefficient (Wildman–Crippen LogP) is 3.60. The highest BCUT2D eigenvalue weighted by molar-refractivity contribution is 5.54. The summed E-state index contributed by atoms with van der Waals surface area (Å²) in [5.74, 6) is 2.04. The van der Waals surface area contributed by atoms with E-state index in [0.717, 1.165) is 18.1 Å². The van der Waals surface area contributed by atoms with Gasteiger partial charge >= 0.3 is 0 Å². The van der Waals surface area contributed by atoms with Gasteiger partial charge in [0.05, 0.1) is 0 Å². The van der Waals surface area contributed by atoms with Gasteiger partial charge in [0, 0.05) is 18.4 Å². The van der Waals surface area contributed by atoms with Gasteiger partial charge in [0.15, 0.2) is 0 Å². The molecule has 19 heavy (non-hydrogen) atoms. The predicted molar refractivity (Wildman–Crippen MR) is 79.8 cm³/mol. The standard InChI is InChI=1S/C15H20N4/c1-11(2)10-17-14-8-9-16-15(19-14)18-13-6-4-12(3)5-7-13/h4-9,11H,10H2,1-3H3,(H2,16,17,18,19). The third-order valence-electron chi connectivity index (χ3n) is 2.65. The molecule has 0 bridgehead atoms. The van der Waals surface area contributed by atoms with Crippen molar-refractivity contribution in [3.05, 3.63) is 42.1 Å². The summed E-state index contributed by atoms with van der Waals surface area (Å²) in [7, 11) is 0. The molecule has 1 heterocycles. The van der Waals surface area contributed by atoms with Gasteiger partial charge in [0.2, 0.25) is 5.95 Å². The second-order valence-electron chi connectivity index (χ2n) is 5.03. The van der Waals surface area contributed by atoms with Crippen molar-refractivity contribution in [3.63, 3.8) is 0 Å². The molecule has 0 saturated carbocycles. The van der Waals surface area contributed by atoms with E-state index in [4.69, 9.17) is 0 Å². The third-order valence-corrected chi connectivity index (χ3v) is 2.65. The molecule has 0 atom stereocenters. The van der Waals surface area contributed by atoms with Crippen LogP contribution in [0.2, 0.25) is 0 Å². The minimum atomic E-state index is 0.587. The Hall–Kier alpha value is -2.10. The van der Waals surface area contributed by atoms with Crippen molar-refractivity contribution in [1.82, 2.24) is 9.97 Å². The molecule has 0 aliphatic rings. The first-order chi connectivity index (χ1) is 9.13. The smallest absolute Gasteiger partial charge is 0.229 e. The first-order valence-electron chi connectivity index (χ1n) is 6.54. The maximum Gasteiger partial charge on any atom is 0.229 e. The first kappa shape index (κ1) is 13.3. The molecule has 2 N–H and O–H groups in total. The number of hydrogen-bond acceptors (Lipinski definition) is 4. The fourth-order valence-corrected chi connectivity index (χ4v) is 1.59. The third kappa shape index (κ3) is 4.25. The highest BCUT2D eigenvalue weighted by atomic mass is 15.1. The van der Waals surface area contributed by atoms with Crippen molar-refractivity contribution in [2.45, 2.75) is 20.8 Å². The van der Waals surface area contributed by atoms with Crippen LogP contribution in [0.1, 0.15) is 19.4 Å². The second-order valence-corrected chi connectivity index (χ2v) is 5.03. The van der Waals surface area contributed by atoms with E-state index < -0.39 is 0 Å². The molecule has 4 heteroatoms. The Morgan fingerprint density at radius 2 is 1.84 bits per heavy atom. The van der Waals surface area contributed by atoms with E-state index in [0.29, 0.717) is 11.9 Å². The zero-order chi connectivity index (χ0) is 13.7. The van der Waals surface area contributed by atoms with Crippen LogP contribution in [0.25, 0.3) is 0 Å². The van der Waals surface area contributed by atoms with Gasteiger partial charge in [-0.25, -0.2) is 4.98 Å². The van der Waals surface area contributed by atoms with Gasteiger partial charge in [-0.15, -0.1) is 0 Å². The van der Waals surface area contributed by atoms with Crippen molar-refractivity contribution >= 4 is 17.5 Å². The molecule has 0 saturated heterocycles. The summed E-state index contributed by atoms with van der Waals surface area (Å²) in [5, 5.41) is 6.49. The number of benzene rings is 1. The summed E-state index contributed by atoms with van der Waals surface area (Å²) in [6, 6.07) is 10.0. The maximum absolute atomic E-state index is 4.43. The minimum Gasteiger partial charge on any atom is -0.370 e. The summed E-state index contributed by atoms with van der Waals surface area (Å²) >= 11 is 0. The molecule has 100 valence electrons. The van der Waals surface area contributed by atoms with Crippen molar-refractivity contribution in [3.8, 4) is 0 Å². The molecule has 0 aliphatic heterocycles. The largest absolute Gasteiger partial charge is 0.370 e. The maximum atomic E-state index is 4.43. The topological polar surface area (TPSA) is 49.8 Å². The Bertz CT molecular complexity index is 520. The van der Waals surface area contributed by atoms with E-state index in [1.165, 1.54) is 5.56 Å². The van der Waals surface area contributed by atoms with Crippen LogP contribution in [0, 0.1) is 12.8 Å². The number of anilines is 3. The van der Waals surface area contributed by atoms with Crippen LogP contribution < -0.4 is 10.6 Å². The molecular formula is C15H20N4. The van der Waals surface area contributed by atoms with Crippen LogP contribution >= 0.6 is 0 Å². The Balaban J connectivity index is 2.04. The highest BCUT2D eigenvalue weighted by Crippen LogP contribution is 2.14. The summed E-state index contributed by atoms with van der Waals surface area (Å²) in [6.45, 7) is 7.30. The molecule has 0 radical (unpaired) electrons. The van der Waals surface area contributed by atoms with Gasteiger partial charge in [0.1, 0.15) is 5.82 Å². The van der Waals surface area contributed by atoms with Gasteiger partial charge in [-0.2, -0.15) is 4.98 Å². The fourth-order valence-electron chi connectivity index (χ4n) is 1.59. The van der Waals surface area contributed by atoms with Crippen LogP contribution in [0.5, 0.6) is 0 Å². The zero-order valence-corrected chi connectivity index (χ0v) is 11.6. The second kappa shape index (κ2) is 6.18. The molecule has 0 spiro atoms. The van der Waals surface area contributed by atoms with Crippen LogP contribution in [-0.2, 0) is 0 Å². The van der Waals surface area contributed by atoms with Gasteiger partial charge in [0.25, 0.3) is 0 Å². The van der Waals surface area contributed by atoms with Gasteiger partial charge in [-0.05, 0) is 31.0 Å². The lowest BCUT2D eigenvalue weighted by atomic mass is 10.2. The molecule has 0 aliphatic carbocycles. The van der Waals surface area contributed by atoms with Crippen molar-refractivity contribution in [1.29, 1.82) is 0 Å². The van der Waals surface area contributed by atoms with Crippen molar-refractivity contribution in [2.24, 2.45) is 5.92 Å². The van der Waals surface area contributed by atoms with E-state index in [1.807, 2.05) is 18.2 Å². The minimum absolute atomic E-state index is 0.587. The van der Waals surface area contributed by atoms with E-state index in [9.17, 15) is 0 Å². The van der Waals surface area contributed by atoms with Crippen LogP contribution in [-0.4, -0.2) is 16.5 Å². The van der Waals surface area contributed by atoms with E-state index in [1.54, 1.807) is 6.20 Å². The van der Waals surface area contributed by atoms with Crippen LogP contribution in [0.4, 0.5) is 17.5 Å². The SMILES string of the molecule is Cc1ccc(Nc2nccc(NCC(C)C)n2)cc1. The number of aromatic nitrogens is 2. The monoisotopic (exact) mass is 256 g/mol. The highest BCUT2D eigenvalue weighted by Gasteiger charge is 2.00. The summed E-state index contributed by atoms with van der Waals surface area (Å²) in [5.41, 5.74) is 2.23. The Morgan fingerprint density at radius 1 is 1.11 bits per heavy atom. The molecule has 2 aromatic rings. The van der Waals surface area contributed by atoms with Gasteiger partial charge < -0.3 is 10.6 Å². The van der Waals surface area contributed by atoms with Gasteiger partial charge in [-0.3, -0.25) is 0 Å². The Labute approximate surface area is 114 Å². The molecular weight excluding hydrogens is 236 g/mol. The van der Waals surface area contributed by atoms with Crippen molar-refractivity contribution < 1.29 is 0 Å². The fraction of sp³-hybridized carbons (Fsp3) is 0.333. The lowest BCUT2D eigenvalue weighted by Gasteiger charge is -2.10. The number of nitrogens with zero attached hydrogens (tertiary/aromatic N) is 2. The van der Waals surface area contributed by atoms with Gasteiger partial charge in [-0.1, -0.05) is 31.5 Å². The van der Waals surface area contributed by atoms with Crippen LogP contribution in [0.3, 0.4) is 0 Å². The molecule has 2 rings (SSSR count). The number of rotatable bonds is 5. The average Bonchev–Trinajstić information content (AvgIpc) is 2.40. The average molecular weight is 256 g/mol. The molecule has 0 fully saturated rings. The van der Waals surface area contributed by atoms with Crippen molar-refractivity contribution in [2.75, 3.05) is 17.2 Å². The zero-order valence-electron chi connectivity index (χ0n) is 11.6. The summed E-state index contributed by atoms with van der Waals surface area (Å²) in [6.07, 6.45) is 1.76. The number of hydrogen-bond donors (Lipinski definition) is 2. The summed E-state index contributed by atoms with van der Waals surface area (Å²) < 4.78 is 0. The quantitative estimate of drug-likeness (QED) is 0.858. The number of aryl methyl sites for hydroxylation is 1. The molecule has 1 aromatic heterocycles. The molecule has 1 aromatic carbocycles. The summed E-state index contributed by atoms with van der Waals surface area (Å²) in [4.78, 5) is 8.65. The normalized spacial score (nSPS) is 10.5. The molecule has 4 nitrogen and oxygen atoms in total. The number of nitrogens with one attached hydrogen (secondary N) is 2. The van der Waals surface area contributed by atoms with E-state index in [-0.39, 0.29) is 0 Å². The molecule has 0 unspecified atom stereocenters. The lowest BCUT2D eigenvalue weighted by Crippen LogP contribution is -2.10. The molecule has 0 amide bonds. The Morgan fingerprint density at radius 3 is 2.53 bits per heavy atom. The van der Waals surface area contributed by atoms with Crippen LogP contribution in [0.15, 0.2) is 36.5 Å².